The highest BCUT2D eigenvalue weighted by molar-refractivity contribution is 5.68. The summed E-state index contributed by atoms with van der Waals surface area (Å²) in [6, 6.07) is 7.80. The van der Waals surface area contributed by atoms with Crippen LogP contribution in [0.1, 0.15) is 35.6 Å². The molecule has 0 saturated heterocycles. The van der Waals surface area contributed by atoms with Gasteiger partial charge in [-0.15, -0.1) is 0 Å². The first kappa shape index (κ1) is 23.3. The summed E-state index contributed by atoms with van der Waals surface area (Å²) in [7, 11) is 0. The predicted molar refractivity (Wildman–Crippen MR) is 140 cm³/mol. The van der Waals surface area contributed by atoms with Crippen LogP contribution in [0, 0.1) is 0 Å². The van der Waals surface area contributed by atoms with E-state index in [0.29, 0.717) is 19.0 Å². The molecule has 2 aliphatic rings. The molecule has 0 amide bonds. The number of hydrogen-bond acceptors (Lipinski definition) is 5. The summed E-state index contributed by atoms with van der Waals surface area (Å²) in [6.07, 6.45) is 23.9. The molecule has 4 rings (SSSR count). The number of nitrogens with two attached hydrogens (primary N) is 2. The van der Waals surface area contributed by atoms with Crippen molar-refractivity contribution in [2.24, 2.45) is 11.5 Å². The molecule has 2 aromatic rings. The molecule has 0 saturated carbocycles. The van der Waals surface area contributed by atoms with Gasteiger partial charge < -0.3 is 20.9 Å². The van der Waals surface area contributed by atoms with Gasteiger partial charge in [-0.25, -0.2) is 0 Å². The molecular weight excluding hydrogens is 422 g/mol. The Labute approximate surface area is 201 Å². The Morgan fingerprint density at radius 3 is 2.76 bits per heavy atom. The second kappa shape index (κ2) is 11.3. The minimum absolute atomic E-state index is 0.295. The van der Waals surface area contributed by atoms with Crippen LogP contribution in [0.3, 0.4) is 0 Å². The average Bonchev–Trinajstić information content (AvgIpc) is 3.23. The molecule has 1 aromatic carbocycles. The monoisotopic (exact) mass is 453 g/mol. The van der Waals surface area contributed by atoms with Crippen molar-refractivity contribution in [1.29, 1.82) is 0 Å². The number of rotatable bonds is 8. The smallest absolute Gasteiger partial charge is 0.135 e. The number of nitrogens with zero attached hydrogens (tertiary/aromatic N) is 1. The second-order valence-electron chi connectivity index (χ2n) is 8.39. The summed E-state index contributed by atoms with van der Waals surface area (Å²) in [4.78, 5) is 4.22. The van der Waals surface area contributed by atoms with Crippen molar-refractivity contribution in [2.75, 3.05) is 13.2 Å². The average molecular weight is 454 g/mol. The minimum Gasteiger partial charge on any atom is -0.492 e. The van der Waals surface area contributed by atoms with Crippen LogP contribution in [0.2, 0.25) is 0 Å². The van der Waals surface area contributed by atoms with Crippen molar-refractivity contribution in [1.82, 2.24) is 4.98 Å². The molecule has 0 unspecified atom stereocenters. The molecule has 0 bridgehead atoms. The summed E-state index contributed by atoms with van der Waals surface area (Å²) in [5.41, 5.74) is 18.9. The molecule has 0 aliphatic heterocycles. The lowest BCUT2D eigenvalue weighted by Gasteiger charge is -2.16. The fourth-order valence-corrected chi connectivity index (χ4v) is 3.82. The van der Waals surface area contributed by atoms with E-state index in [1.165, 1.54) is 22.9 Å². The number of aromatic nitrogens is 1. The van der Waals surface area contributed by atoms with Crippen molar-refractivity contribution < 1.29 is 9.47 Å². The van der Waals surface area contributed by atoms with Crippen molar-refractivity contribution in [3.05, 3.63) is 112 Å². The lowest BCUT2D eigenvalue weighted by molar-refractivity contribution is 0.170. The largest absolute Gasteiger partial charge is 0.492 e. The zero-order chi connectivity index (χ0) is 23.8. The molecule has 0 fully saturated rings. The molecule has 1 heterocycles. The molecule has 2 aliphatic carbocycles. The van der Waals surface area contributed by atoms with Gasteiger partial charge in [0.2, 0.25) is 0 Å². The van der Waals surface area contributed by atoms with Crippen LogP contribution in [0.25, 0.3) is 18.2 Å². The fourth-order valence-electron chi connectivity index (χ4n) is 3.82. The third-order valence-corrected chi connectivity index (χ3v) is 5.72. The van der Waals surface area contributed by atoms with Gasteiger partial charge in [0.25, 0.3) is 0 Å². The molecule has 174 valence electrons. The highest BCUT2D eigenvalue weighted by atomic mass is 16.5. The normalized spacial score (nSPS) is 16.1. The zero-order valence-corrected chi connectivity index (χ0v) is 19.5. The number of pyridine rings is 1. The van der Waals surface area contributed by atoms with Gasteiger partial charge in [0, 0.05) is 18.6 Å². The van der Waals surface area contributed by atoms with Crippen molar-refractivity contribution in [3.63, 3.8) is 0 Å². The van der Waals surface area contributed by atoms with E-state index in [1.807, 2.05) is 43.6 Å². The van der Waals surface area contributed by atoms with E-state index in [2.05, 4.69) is 53.6 Å². The van der Waals surface area contributed by atoms with Crippen molar-refractivity contribution in [2.45, 2.75) is 25.8 Å². The summed E-state index contributed by atoms with van der Waals surface area (Å²) in [5.74, 6) is 1.37. The van der Waals surface area contributed by atoms with Gasteiger partial charge in [-0.2, -0.15) is 0 Å². The Morgan fingerprint density at radius 1 is 1.06 bits per heavy atom. The number of fused-ring (bicyclic) bond motifs is 2. The highest BCUT2D eigenvalue weighted by Gasteiger charge is 2.10. The standard InChI is InChI=1S/C29H31N3O2/c1-21(23-8-5-9-26-18-32-13-12-25(26)15-23)14-29(17-30)34-20-27(31)19-33-28-11-10-22-6-3-2-4-7-24(22)16-28/h3-8,10-18,27H,2,9,19-20,30-31H2,1H3/b21-14+,29-17+/t27-/m0/s1. The van der Waals surface area contributed by atoms with Crippen molar-refractivity contribution in [3.8, 4) is 5.75 Å². The molecule has 4 N–H and O–H groups in total. The Kier molecular flexibility index (Phi) is 7.79. The predicted octanol–water partition coefficient (Wildman–Crippen LogP) is 5.18. The van der Waals surface area contributed by atoms with E-state index >= 15 is 0 Å². The SMILES string of the molecule is C/C(=C\C(=C/N)OC[C@@H](N)COc1ccc2c(c1)C=CCC=C2)C1=Cc2ccncc2CC=C1. The molecule has 0 radical (unpaired) electrons. The molecular formula is C29H31N3O2. The third kappa shape index (κ3) is 6.15. The second-order valence-corrected chi connectivity index (χ2v) is 8.39. The Bertz CT molecular complexity index is 1200. The number of hydrogen-bond donors (Lipinski definition) is 2. The highest BCUT2D eigenvalue weighted by Crippen LogP contribution is 2.24. The van der Waals surface area contributed by atoms with E-state index in [0.717, 1.165) is 35.3 Å². The number of ether oxygens (including phenoxy) is 2. The number of allylic oxidation sites excluding steroid dienone is 7. The molecule has 0 spiro atoms. The van der Waals surface area contributed by atoms with Crippen LogP contribution in [0.5, 0.6) is 5.75 Å². The van der Waals surface area contributed by atoms with Gasteiger partial charge >= 0.3 is 0 Å². The first-order chi connectivity index (χ1) is 16.6. The van der Waals surface area contributed by atoms with Crippen LogP contribution in [0.4, 0.5) is 0 Å². The maximum Gasteiger partial charge on any atom is 0.135 e. The zero-order valence-electron chi connectivity index (χ0n) is 19.5. The van der Waals surface area contributed by atoms with Gasteiger partial charge in [0.15, 0.2) is 0 Å². The maximum absolute atomic E-state index is 6.24. The van der Waals surface area contributed by atoms with Crippen LogP contribution in [-0.2, 0) is 11.2 Å². The molecule has 5 heteroatoms. The quantitative estimate of drug-likeness (QED) is 0.425. The first-order valence-electron chi connectivity index (χ1n) is 11.5. The van der Waals surface area contributed by atoms with E-state index in [9.17, 15) is 0 Å². The van der Waals surface area contributed by atoms with E-state index < -0.39 is 0 Å². The van der Waals surface area contributed by atoms with Crippen LogP contribution < -0.4 is 16.2 Å². The van der Waals surface area contributed by atoms with Gasteiger partial charge in [-0.1, -0.05) is 42.5 Å². The lowest BCUT2D eigenvalue weighted by atomic mass is 10.0. The summed E-state index contributed by atoms with van der Waals surface area (Å²) < 4.78 is 11.8. The Morgan fingerprint density at radius 2 is 1.91 bits per heavy atom. The maximum atomic E-state index is 6.24. The molecule has 5 nitrogen and oxygen atoms in total. The Hall–Kier alpha value is -3.83. The summed E-state index contributed by atoms with van der Waals surface area (Å²) in [5, 5.41) is 0. The van der Waals surface area contributed by atoms with E-state index in [4.69, 9.17) is 20.9 Å². The third-order valence-electron chi connectivity index (χ3n) is 5.72. The van der Waals surface area contributed by atoms with Gasteiger partial charge in [-0.05, 0) is 83.5 Å². The van der Waals surface area contributed by atoms with Crippen LogP contribution >= 0.6 is 0 Å². The molecule has 1 aromatic heterocycles. The molecule has 1 atom stereocenters. The van der Waals surface area contributed by atoms with Gasteiger partial charge in [0.05, 0.1) is 6.04 Å². The number of benzene rings is 1. The van der Waals surface area contributed by atoms with Gasteiger partial charge in [0.1, 0.15) is 24.7 Å². The van der Waals surface area contributed by atoms with E-state index in [1.54, 1.807) is 0 Å². The minimum atomic E-state index is -0.297. The molecule has 34 heavy (non-hydrogen) atoms. The van der Waals surface area contributed by atoms with Crippen LogP contribution in [0.15, 0.2) is 90.1 Å². The van der Waals surface area contributed by atoms with Gasteiger partial charge in [-0.3, -0.25) is 4.98 Å². The Balaban J connectivity index is 1.33. The van der Waals surface area contributed by atoms with E-state index in [-0.39, 0.29) is 6.04 Å². The van der Waals surface area contributed by atoms with Crippen LogP contribution in [-0.4, -0.2) is 24.2 Å². The fraction of sp³-hybridized carbons (Fsp3) is 0.207. The van der Waals surface area contributed by atoms with Crippen molar-refractivity contribution >= 4 is 18.2 Å². The summed E-state index contributed by atoms with van der Waals surface area (Å²) >= 11 is 0. The first-order valence-corrected chi connectivity index (χ1v) is 11.5. The lowest BCUT2D eigenvalue weighted by Crippen LogP contribution is -2.32. The summed E-state index contributed by atoms with van der Waals surface area (Å²) in [6.45, 7) is 2.68. The topological polar surface area (TPSA) is 83.4 Å².